The van der Waals surface area contributed by atoms with Crippen LogP contribution in [0.4, 0.5) is 0 Å². The molecule has 2 fully saturated rings. The molecule has 30 heavy (non-hydrogen) atoms. The van der Waals surface area contributed by atoms with Crippen molar-refractivity contribution in [2.45, 2.75) is 11.0 Å². The van der Waals surface area contributed by atoms with Gasteiger partial charge in [0.1, 0.15) is 11.4 Å². The Kier molecular flexibility index (Phi) is 7.11. The smallest absolute Gasteiger partial charge is 0.274 e. The number of piperazine rings is 1. The molecule has 158 valence electrons. The summed E-state index contributed by atoms with van der Waals surface area (Å²) in [6, 6.07) is 8.06. The van der Waals surface area contributed by atoms with Gasteiger partial charge < -0.3 is 14.5 Å². The first kappa shape index (κ1) is 21.0. The molecule has 4 rings (SSSR count). The number of ether oxygens (including phenoxy) is 1. The van der Waals surface area contributed by atoms with Gasteiger partial charge in [0.05, 0.1) is 10.8 Å². The fourth-order valence-corrected chi connectivity index (χ4v) is 6.26. The van der Waals surface area contributed by atoms with Crippen LogP contribution in [0.25, 0.3) is 0 Å². The van der Waals surface area contributed by atoms with Crippen molar-refractivity contribution in [1.29, 1.82) is 0 Å². The molecule has 0 spiro atoms. The highest BCUT2D eigenvalue weighted by atomic mass is 32.2. The van der Waals surface area contributed by atoms with E-state index in [9.17, 15) is 9.59 Å². The molecule has 0 aliphatic carbocycles. The number of rotatable bonds is 5. The van der Waals surface area contributed by atoms with E-state index in [1.807, 2.05) is 35.7 Å². The lowest BCUT2D eigenvalue weighted by Crippen LogP contribution is -2.51. The summed E-state index contributed by atoms with van der Waals surface area (Å²) in [5.41, 5.74) is 1.63. The maximum absolute atomic E-state index is 12.5. The van der Waals surface area contributed by atoms with Crippen molar-refractivity contribution in [3.05, 3.63) is 54.1 Å². The van der Waals surface area contributed by atoms with E-state index in [2.05, 4.69) is 22.1 Å². The minimum Gasteiger partial charge on any atom is -0.484 e. The fraction of sp³-hybridized carbons (Fsp3) is 0.429. The number of amides is 2. The van der Waals surface area contributed by atoms with Crippen molar-refractivity contribution in [2.24, 2.45) is 0 Å². The number of hydrogen-bond donors (Lipinski definition) is 0. The SMILES string of the molecule is O=C(COc1ccc(C2SCCCS2)cc1)N1CCN(C(=O)c2cnccn2)CC1. The number of thioether (sulfide) groups is 2. The zero-order valence-corrected chi connectivity index (χ0v) is 18.2. The number of benzene rings is 1. The highest BCUT2D eigenvalue weighted by Crippen LogP contribution is 2.43. The Bertz CT molecular complexity index is 852. The van der Waals surface area contributed by atoms with E-state index in [0.717, 1.165) is 0 Å². The summed E-state index contributed by atoms with van der Waals surface area (Å²) in [4.78, 5) is 36.4. The quantitative estimate of drug-likeness (QED) is 0.702. The molecule has 0 bridgehead atoms. The Balaban J connectivity index is 1.23. The van der Waals surface area contributed by atoms with Gasteiger partial charge in [-0.2, -0.15) is 0 Å². The van der Waals surface area contributed by atoms with E-state index in [1.54, 1.807) is 9.80 Å². The molecule has 2 saturated heterocycles. The Morgan fingerprint density at radius 1 is 1.00 bits per heavy atom. The topological polar surface area (TPSA) is 75.6 Å². The number of aromatic nitrogens is 2. The molecule has 3 heterocycles. The minimum absolute atomic E-state index is 0.00435. The second kappa shape index (κ2) is 10.2. The minimum atomic E-state index is -0.152. The molecule has 0 atom stereocenters. The normalized spacial score (nSPS) is 17.6. The largest absolute Gasteiger partial charge is 0.484 e. The summed E-state index contributed by atoms with van der Waals surface area (Å²) >= 11 is 3.97. The summed E-state index contributed by atoms with van der Waals surface area (Å²) in [7, 11) is 0. The fourth-order valence-electron chi connectivity index (χ4n) is 3.37. The molecule has 1 aromatic heterocycles. The first-order valence-corrected chi connectivity index (χ1v) is 12.1. The zero-order chi connectivity index (χ0) is 20.8. The predicted octanol–water partition coefficient (Wildman–Crippen LogP) is 2.71. The third-order valence-electron chi connectivity index (χ3n) is 5.04. The molecule has 2 aliphatic rings. The summed E-state index contributed by atoms with van der Waals surface area (Å²) in [5, 5.41) is 0. The van der Waals surface area contributed by atoms with E-state index in [1.165, 1.54) is 42.1 Å². The molecule has 0 N–H and O–H groups in total. The third kappa shape index (κ3) is 5.26. The van der Waals surface area contributed by atoms with Crippen molar-refractivity contribution >= 4 is 35.3 Å². The van der Waals surface area contributed by atoms with Crippen molar-refractivity contribution in [3.8, 4) is 5.75 Å². The van der Waals surface area contributed by atoms with Crippen LogP contribution in [-0.4, -0.2) is 75.9 Å². The molecular weight excluding hydrogens is 420 g/mol. The highest BCUT2D eigenvalue weighted by Gasteiger charge is 2.25. The predicted molar refractivity (Wildman–Crippen MR) is 119 cm³/mol. The van der Waals surface area contributed by atoms with E-state index >= 15 is 0 Å². The Morgan fingerprint density at radius 2 is 1.70 bits per heavy atom. The molecule has 1 aromatic carbocycles. The second-order valence-corrected chi connectivity index (χ2v) is 9.77. The van der Waals surface area contributed by atoms with Gasteiger partial charge in [0.2, 0.25) is 0 Å². The Labute approximate surface area is 184 Å². The number of carbonyl (C=O) groups excluding carboxylic acids is 2. The average Bonchev–Trinajstić information content (AvgIpc) is 2.83. The van der Waals surface area contributed by atoms with Gasteiger partial charge in [0.25, 0.3) is 11.8 Å². The van der Waals surface area contributed by atoms with Crippen LogP contribution < -0.4 is 4.74 Å². The summed E-state index contributed by atoms with van der Waals surface area (Å²) in [6.45, 7) is 1.94. The molecule has 0 unspecified atom stereocenters. The molecule has 0 radical (unpaired) electrons. The summed E-state index contributed by atoms with van der Waals surface area (Å²) < 4.78 is 6.20. The maximum Gasteiger partial charge on any atom is 0.274 e. The third-order valence-corrected chi connectivity index (χ3v) is 8.06. The van der Waals surface area contributed by atoms with E-state index < -0.39 is 0 Å². The van der Waals surface area contributed by atoms with Gasteiger partial charge in [-0.05, 0) is 35.6 Å². The van der Waals surface area contributed by atoms with Gasteiger partial charge in [0.15, 0.2) is 6.61 Å². The van der Waals surface area contributed by atoms with E-state index in [4.69, 9.17) is 4.74 Å². The van der Waals surface area contributed by atoms with Crippen LogP contribution in [0.15, 0.2) is 42.9 Å². The van der Waals surface area contributed by atoms with Crippen LogP contribution in [0.1, 0.15) is 27.1 Å². The van der Waals surface area contributed by atoms with Crippen LogP contribution in [0.2, 0.25) is 0 Å². The Morgan fingerprint density at radius 3 is 2.37 bits per heavy atom. The van der Waals surface area contributed by atoms with Gasteiger partial charge in [-0.3, -0.25) is 14.6 Å². The zero-order valence-electron chi connectivity index (χ0n) is 16.6. The van der Waals surface area contributed by atoms with E-state index in [-0.39, 0.29) is 18.4 Å². The van der Waals surface area contributed by atoms with E-state index in [0.29, 0.717) is 42.2 Å². The monoisotopic (exact) mass is 444 g/mol. The lowest BCUT2D eigenvalue weighted by atomic mass is 10.2. The van der Waals surface area contributed by atoms with Crippen LogP contribution in [-0.2, 0) is 4.79 Å². The lowest BCUT2D eigenvalue weighted by molar-refractivity contribution is -0.134. The lowest BCUT2D eigenvalue weighted by Gasteiger charge is -2.34. The van der Waals surface area contributed by atoms with Gasteiger partial charge in [-0.25, -0.2) is 4.98 Å². The van der Waals surface area contributed by atoms with Crippen molar-refractivity contribution < 1.29 is 14.3 Å². The summed E-state index contributed by atoms with van der Waals surface area (Å²) in [6.07, 6.45) is 5.78. The maximum atomic E-state index is 12.5. The van der Waals surface area contributed by atoms with Gasteiger partial charge in [0, 0.05) is 38.6 Å². The van der Waals surface area contributed by atoms with Gasteiger partial charge >= 0.3 is 0 Å². The summed E-state index contributed by atoms with van der Waals surface area (Å²) in [5.74, 6) is 2.91. The second-order valence-electron chi connectivity index (χ2n) is 7.05. The van der Waals surface area contributed by atoms with Gasteiger partial charge in [-0.1, -0.05) is 12.1 Å². The van der Waals surface area contributed by atoms with Crippen LogP contribution in [0, 0.1) is 0 Å². The van der Waals surface area contributed by atoms with Crippen LogP contribution >= 0.6 is 23.5 Å². The molecule has 0 saturated carbocycles. The average molecular weight is 445 g/mol. The molecule has 9 heteroatoms. The highest BCUT2D eigenvalue weighted by molar-refractivity contribution is 8.16. The molecule has 2 aromatic rings. The van der Waals surface area contributed by atoms with Crippen molar-refractivity contribution in [3.63, 3.8) is 0 Å². The van der Waals surface area contributed by atoms with Crippen molar-refractivity contribution in [1.82, 2.24) is 19.8 Å². The number of hydrogen-bond acceptors (Lipinski definition) is 7. The standard InChI is InChI=1S/C21H24N4O3S2/c26-19(15-28-17-4-2-16(3-5-17)21-29-12-1-13-30-21)24-8-10-25(11-9-24)20(27)18-14-22-6-7-23-18/h2-7,14,21H,1,8-13,15H2. The number of carbonyl (C=O) groups is 2. The molecule has 2 aliphatic heterocycles. The first-order chi connectivity index (χ1) is 14.7. The van der Waals surface area contributed by atoms with Crippen LogP contribution in [0.3, 0.4) is 0 Å². The van der Waals surface area contributed by atoms with Crippen molar-refractivity contribution in [2.75, 3.05) is 44.3 Å². The first-order valence-electron chi connectivity index (χ1n) is 10.00. The van der Waals surface area contributed by atoms with Crippen LogP contribution in [0.5, 0.6) is 5.75 Å². The molecular formula is C21H24N4O3S2. The van der Waals surface area contributed by atoms with Gasteiger partial charge in [-0.15, -0.1) is 23.5 Å². The molecule has 2 amide bonds. The Hall–Kier alpha value is -2.26. The molecule has 7 nitrogen and oxygen atoms in total. The number of nitrogens with zero attached hydrogens (tertiary/aromatic N) is 4.